The Morgan fingerprint density at radius 3 is 2.94 bits per heavy atom. The van der Waals surface area contributed by atoms with Crippen molar-refractivity contribution in [2.24, 2.45) is 0 Å². The Kier molecular flexibility index (Phi) is 3.16. The fourth-order valence-corrected chi connectivity index (χ4v) is 4.33. The molecule has 1 spiro atoms. The van der Waals surface area contributed by atoms with Crippen LogP contribution in [0.1, 0.15) is 18.9 Å². The van der Waals surface area contributed by atoms with Gasteiger partial charge in [-0.15, -0.1) is 11.8 Å². The lowest BCUT2D eigenvalue weighted by Crippen LogP contribution is -2.42. The predicted molar refractivity (Wildman–Crippen MR) is 74.1 cm³/mol. The monoisotopic (exact) mass is 248 g/mol. The second-order valence-electron chi connectivity index (χ2n) is 5.30. The Hall–Kier alpha value is -0.510. The van der Waals surface area contributed by atoms with Crippen molar-refractivity contribution in [1.29, 1.82) is 0 Å². The summed E-state index contributed by atoms with van der Waals surface area (Å²) < 4.78 is 0. The van der Waals surface area contributed by atoms with Crippen molar-refractivity contribution in [3.05, 3.63) is 35.9 Å². The van der Waals surface area contributed by atoms with Crippen LogP contribution in [0.4, 0.5) is 0 Å². The van der Waals surface area contributed by atoms with Crippen molar-refractivity contribution in [2.75, 3.05) is 18.8 Å². The molecule has 3 heteroatoms. The second kappa shape index (κ2) is 4.63. The molecule has 3 rings (SSSR count). The van der Waals surface area contributed by atoms with E-state index in [4.69, 9.17) is 0 Å². The molecule has 0 amide bonds. The van der Waals surface area contributed by atoms with E-state index < -0.39 is 0 Å². The van der Waals surface area contributed by atoms with Crippen LogP contribution in [0.25, 0.3) is 0 Å². The van der Waals surface area contributed by atoms with Gasteiger partial charge in [0.2, 0.25) is 0 Å². The minimum Gasteiger partial charge on any atom is -0.298 e. The Labute approximate surface area is 108 Å². The van der Waals surface area contributed by atoms with Gasteiger partial charge in [-0.05, 0) is 18.9 Å². The van der Waals surface area contributed by atoms with Crippen molar-refractivity contribution < 1.29 is 0 Å². The molecule has 0 saturated carbocycles. The van der Waals surface area contributed by atoms with Gasteiger partial charge in [-0.25, -0.2) is 0 Å². The molecule has 2 fully saturated rings. The Bertz CT molecular complexity index is 381. The van der Waals surface area contributed by atoms with E-state index in [-0.39, 0.29) is 0 Å². The molecular formula is C14H20N2S. The summed E-state index contributed by atoms with van der Waals surface area (Å²) in [7, 11) is 0. The molecule has 0 radical (unpaired) electrons. The number of hydrogen-bond acceptors (Lipinski definition) is 3. The maximum absolute atomic E-state index is 3.77. The van der Waals surface area contributed by atoms with Gasteiger partial charge in [0, 0.05) is 31.4 Å². The quantitative estimate of drug-likeness (QED) is 0.864. The van der Waals surface area contributed by atoms with Crippen LogP contribution < -0.4 is 5.32 Å². The van der Waals surface area contributed by atoms with E-state index >= 15 is 0 Å². The molecule has 1 aromatic carbocycles. The van der Waals surface area contributed by atoms with Crippen LogP contribution in [-0.4, -0.2) is 34.7 Å². The van der Waals surface area contributed by atoms with Crippen LogP contribution in [0.5, 0.6) is 0 Å². The summed E-state index contributed by atoms with van der Waals surface area (Å²) in [5.74, 6) is 1.26. The smallest absolute Gasteiger partial charge is 0.0788 e. The van der Waals surface area contributed by atoms with Gasteiger partial charge in [-0.3, -0.25) is 10.2 Å². The Balaban J connectivity index is 1.61. The highest BCUT2D eigenvalue weighted by Gasteiger charge is 2.42. The molecule has 2 aliphatic rings. The van der Waals surface area contributed by atoms with Crippen LogP contribution in [0, 0.1) is 0 Å². The average molecular weight is 248 g/mol. The summed E-state index contributed by atoms with van der Waals surface area (Å²) in [4.78, 5) is 2.93. The minimum absolute atomic E-state index is 0.355. The van der Waals surface area contributed by atoms with Gasteiger partial charge >= 0.3 is 0 Å². The largest absolute Gasteiger partial charge is 0.298 e. The van der Waals surface area contributed by atoms with Gasteiger partial charge in [0.05, 0.1) is 4.87 Å². The van der Waals surface area contributed by atoms with Gasteiger partial charge in [0.1, 0.15) is 0 Å². The third-order valence-corrected chi connectivity index (χ3v) is 5.35. The van der Waals surface area contributed by atoms with Crippen LogP contribution in [-0.2, 0) is 6.54 Å². The molecule has 0 bridgehead atoms. The number of nitrogens with zero attached hydrogens (tertiary/aromatic N) is 1. The molecule has 2 atom stereocenters. The van der Waals surface area contributed by atoms with Crippen molar-refractivity contribution in [2.45, 2.75) is 30.8 Å². The van der Waals surface area contributed by atoms with E-state index in [2.05, 4.69) is 59.2 Å². The van der Waals surface area contributed by atoms with Gasteiger partial charge in [-0.2, -0.15) is 0 Å². The Morgan fingerprint density at radius 2 is 2.24 bits per heavy atom. The summed E-state index contributed by atoms with van der Waals surface area (Å²) in [6.45, 7) is 5.80. The molecule has 2 saturated heterocycles. The van der Waals surface area contributed by atoms with E-state index in [1.54, 1.807) is 0 Å². The first kappa shape index (κ1) is 11.6. The zero-order valence-corrected chi connectivity index (χ0v) is 11.2. The summed E-state index contributed by atoms with van der Waals surface area (Å²) in [6, 6.07) is 11.5. The van der Waals surface area contributed by atoms with Crippen molar-refractivity contribution in [3.63, 3.8) is 0 Å². The van der Waals surface area contributed by atoms with Crippen LogP contribution in [0.15, 0.2) is 30.3 Å². The third kappa shape index (κ3) is 2.51. The summed E-state index contributed by atoms with van der Waals surface area (Å²) in [6.07, 6.45) is 1.29. The van der Waals surface area contributed by atoms with Crippen molar-refractivity contribution >= 4 is 11.8 Å². The minimum atomic E-state index is 0.355. The third-order valence-electron chi connectivity index (χ3n) is 3.68. The first-order valence-corrected chi connectivity index (χ1v) is 7.42. The van der Waals surface area contributed by atoms with Gasteiger partial charge in [0.25, 0.3) is 0 Å². The molecule has 2 aliphatic heterocycles. The van der Waals surface area contributed by atoms with Crippen LogP contribution in [0.3, 0.4) is 0 Å². The number of likely N-dealkylation sites (tertiary alicyclic amines) is 1. The molecule has 1 N–H and O–H groups in total. The lowest BCUT2D eigenvalue weighted by atomic mass is 10.2. The first-order chi connectivity index (χ1) is 8.26. The van der Waals surface area contributed by atoms with Crippen molar-refractivity contribution in [3.8, 4) is 0 Å². The lowest BCUT2D eigenvalue weighted by molar-refractivity contribution is 0.313. The highest BCUT2D eigenvalue weighted by atomic mass is 32.2. The molecule has 1 aromatic rings. The number of thioether (sulfide) groups is 1. The van der Waals surface area contributed by atoms with E-state index in [0.29, 0.717) is 10.9 Å². The topological polar surface area (TPSA) is 15.3 Å². The maximum atomic E-state index is 3.77. The van der Waals surface area contributed by atoms with Gasteiger partial charge in [0.15, 0.2) is 0 Å². The standard InChI is InChI=1S/C14H20N2S/c1-12-10-17-14(15-12)7-8-16(11-14)9-13-5-3-2-4-6-13/h2-6,12,15H,7-11H2,1H3. The van der Waals surface area contributed by atoms with Gasteiger partial charge < -0.3 is 0 Å². The molecule has 92 valence electrons. The number of rotatable bonds is 2. The maximum Gasteiger partial charge on any atom is 0.0788 e. The molecule has 2 unspecified atom stereocenters. The fourth-order valence-electron chi connectivity index (χ4n) is 2.89. The summed E-state index contributed by atoms with van der Waals surface area (Å²) >= 11 is 2.12. The zero-order chi connectivity index (χ0) is 11.7. The summed E-state index contributed by atoms with van der Waals surface area (Å²) in [5, 5.41) is 3.77. The fraction of sp³-hybridized carbons (Fsp3) is 0.571. The number of benzene rings is 1. The summed E-state index contributed by atoms with van der Waals surface area (Å²) in [5.41, 5.74) is 1.43. The molecule has 0 aromatic heterocycles. The van der Waals surface area contributed by atoms with Crippen LogP contribution >= 0.6 is 11.8 Å². The highest BCUT2D eigenvalue weighted by molar-refractivity contribution is 8.01. The van der Waals surface area contributed by atoms with Crippen molar-refractivity contribution in [1.82, 2.24) is 10.2 Å². The first-order valence-electron chi connectivity index (χ1n) is 6.44. The van der Waals surface area contributed by atoms with E-state index in [1.807, 2.05) is 0 Å². The highest BCUT2D eigenvalue weighted by Crippen LogP contribution is 2.38. The zero-order valence-electron chi connectivity index (χ0n) is 10.4. The van der Waals surface area contributed by atoms with E-state index in [1.165, 1.54) is 30.8 Å². The predicted octanol–water partition coefficient (Wildman–Crippen LogP) is 2.31. The lowest BCUT2D eigenvalue weighted by Gasteiger charge is -2.24. The molecule has 0 aliphatic carbocycles. The normalized spacial score (nSPS) is 33.6. The van der Waals surface area contributed by atoms with E-state index in [0.717, 1.165) is 6.54 Å². The van der Waals surface area contributed by atoms with E-state index in [9.17, 15) is 0 Å². The number of nitrogens with one attached hydrogen (secondary N) is 1. The molecule has 2 nitrogen and oxygen atoms in total. The average Bonchev–Trinajstić information content (AvgIpc) is 2.88. The van der Waals surface area contributed by atoms with Gasteiger partial charge in [-0.1, -0.05) is 30.3 Å². The van der Waals surface area contributed by atoms with Crippen LogP contribution in [0.2, 0.25) is 0 Å². The number of hydrogen-bond donors (Lipinski definition) is 1. The Morgan fingerprint density at radius 1 is 1.41 bits per heavy atom. The SMILES string of the molecule is CC1CSC2(CCN(Cc3ccccc3)C2)N1. The second-order valence-corrected chi connectivity index (χ2v) is 6.70. The molecule has 17 heavy (non-hydrogen) atoms. The molecular weight excluding hydrogens is 228 g/mol. The molecule has 2 heterocycles.